The highest BCUT2D eigenvalue weighted by molar-refractivity contribution is 5.81. The number of carboxylic acid groups (broad SMARTS) is 1. The molecule has 1 saturated heterocycles. The van der Waals surface area contributed by atoms with E-state index < -0.39 is 5.97 Å². The molecule has 0 aromatic heterocycles. The summed E-state index contributed by atoms with van der Waals surface area (Å²) in [5.74, 6) is 2.65. The van der Waals surface area contributed by atoms with Crippen LogP contribution in [-0.2, 0) is 22.4 Å². The number of methoxy groups -OCH3 is 4. The first-order chi connectivity index (χ1) is 20.3. The van der Waals surface area contributed by atoms with Crippen LogP contribution in [0.3, 0.4) is 0 Å². The van der Waals surface area contributed by atoms with Gasteiger partial charge in [-0.3, -0.25) is 14.5 Å². The standard InChI is InChI=1S/C33H44N2O7/c1-6-20-19-34-11-9-21-15-28(39-2)30(41-4)17-24(21)26(34)13-23(20)14-27-25-18-31(42-5)29(40-3)16-22(25)10-12-35(27)32(36)7-8-33(37)38/h15-18,20,23,26-27H,6-14,19H2,1-5H3,(H,37,38)/t20-,23+,26-,27+/m0/s1. The monoisotopic (exact) mass is 580 g/mol. The van der Waals surface area contributed by atoms with Gasteiger partial charge in [0.2, 0.25) is 5.91 Å². The fraction of sp³-hybridized carbons (Fsp3) is 0.576. The lowest BCUT2D eigenvalue weighted by Crippen LogP contribution is -2.47. The van der Waals surface area contributed by atoms with Crippen molar-refractivity contribution in [2.24, 2.45) is 11.8 Å². The average Bonchev–Trinajstić information content (AvgIpc) is 3.01. The summed E-state index contributed by atoms with van der Waals surface area (Å²) in [6.07, 6.45) is 4.37. The molecule has 0 spiro atoms. The van der Waals surface area contributed by atoms with Crippen molar-refractivity contribution >= 4 is 11.9 Å². The van der Waals surface area contributed by atoms with Crippen molar-refractivity contribution in [1.82, 2.24) is 9.80 Å². The summed E-state index contributed by atoms with van der Waals surface area (Å²) < 4.78 is 22.5. The number of ether oxygens (including phenoxy) is 4. The number of carbonyl (C=O) groups is 2. The lowest BCUT2D eigenvalue weighted by Gasteiger charge is -2.49. The molecule has 0 unspecified atom stereocenters. The number of fused-ring (bicyclic) bond motifs is 4. The summed E-state index contributed by atoms with van der Waals surface area (Å²) in [6, 6.07) is 8.46. The fourth-order valence-electron chi connectivity index (χ4n) is 7.48. The van der Waals surface area contributed by atoms with E-state index in [4.69, 9.17) is 18.9 Å². The minimum atomic E-state index is -0.954. The summed E-state index contributed by atoms with van der Waals surface area (Å²) in [7, 11) is 6.63. The molecule has 9 heteroatoms. The average molecular weight is 581 g/mol. The van der Waals surface area contributed by atoms with Crippen molar-refractivity contribution < 1.29 is 33.6 Å². The van der Waals surface area contributed by atoms with Crippen LogP contribution in [0.5, 0.6) is 23.0 Å². The third-order valence-electron chi connectivity index (χ3n) is 9.70. The summed E-state index contributed by atoms with van der Waals surface area (Å²) in [4.78, 5) is 29.4. The number of carboxylic acids is 1. The molecule has 2 aromatic rings. The van der Waals surface area contributed by atoms with Crippen molar-refractivity contribution in [1.29, 1.82) is 0 Å². The van der Waals surface area contributed by atoms with Gasteiger partial charge in [0.15, 0.2) is 23.0 Å². The minimum absolute atomic E-state index is 0.00172. The number of nitrogens with zero attached hydrogens (tertiary/aromatic N) is 2. The maximum absolute atomic E-state index is 13.5. The van der Waals surface area contributed by atoms with Crippen molar-refractivity contribution in [2.45, 2.75) is 64.0 Å². The van der Waals surface area contributed by atoms with E-state index in [1.807, 2.05) is 17.0 Å². The second kappa shape index (κ2) is 12.8. The molecular weight excluding hydrogens is 536 g/mol. The third-order valence-corrected chi connectivity index (χ3v) is 9.70. The number of piperidine rings is 1. The highest BCUT2D eigenvalue weighted by Gasteiger charge is 2.42. The molecule has 228 valence electrons. The maximum atomic E-state index is 13.5. The first-order valence-corrected chi connectivity index (χ1v) is 15.1. The Labute approximate surface area is 248 Å². The number of rotatable bonds is 10. The van der Waals surface area contributed by atoms with Crippen molar-refractivity contribution in [2.75, 3.05) is 48.1 Å². The van der Waals surface area contributed by atoms with Crippen LogP contribution in [0.1, 0.15) is 73.4 Å². The molecule has 4 atom stereocenters. The molecule has 0 bridgehead atoms. The molecule has 3 heterocycles. The molecule has 1 amide bonds. The van der Waals surface area contributed by atoms with Gasteiger partial charge in [0.1, 0.15) is 0 Å². The molecule has 5 rings (SSSR count). The van der Waals surface area contributed by atoms with Gasteiger partial charge >= 0.3 is 5.97 Å². The molecule has 0 saturated carbocycles. The molecule has 9 nitrogen and oxygen atoms in total. The first kappa shape index (κ1) is 30.0. The van der Waals surface area contributed by atoms with Crippen LogP contribution >= 0.6 is 0 Å². The van der Waals surface area contributed by atoms with Crippen molar-refractivity contribution in [3.63, 3.8) is 0 Å². The lowest BCUT2D eigenvalue weighted by molar-refractivity contribution is -0.142. The van der Waals surface area contributed by atoms with Crippen molar-refractivity contribution in [3.05, 3.63) is 46.5 Å². The van der Waals surface area contributed by atoms with Crippen LogP contribution in [-0.4, -0.2) is 74.9 Å². The van der Waals surface area contributed by atoms with Crippen LogP contribution in [0.25, 0.3) is 0 Å². The van der Waals surface area contributed by atoms with E-state index in [0.29, 0.717) is 36.3 Å². The van der Waals surface area contributed by atoms with E-state index in [0.717, 1.165) is 61.4 Å². The Bertz CT molecular complexity index is 1310. The SMILES string of the molecule is CC[C@H]1CN2CCc3cc(OC)c(OC)cc3[C@@H]2C[C@@H]1C[C@@H]1c2cc(OC)c(OC)cc2CCN1C(=O)CCC(=O)O. The number of benzene rings is 2. The van der Waals surface area contributed by atoms with Crippen molar-refractivity contribution in [3.8, 4) is 23.0 Å². The zero-order valence-corrected chi connectivity index (χ0v) is 25.5. The number of amides is 1. The predicted molar refractivity (Wildman–Crippen MR) is 159 cm³/mol. The molecule has 1 fully saturated rings. The Kier molecular flexibility index (Phi) is 9.16. The Morgan fingerprint density at radius 2 is 1.38 bits per heavy atom. The lowest BCUT2D eigenvalue weighted by atomic mass is 9.72. The summed E-state index contributed by atoms with van der Waals surface area (Å²) in [6.45, 7) is 4.85. The van der Waals surface area contributed by atoms with Gasteiger partial charge in [0.25, 0.3) is 0 Å². The zero-order chi connectivity index (χ0) is 30.0. The van der Waals surface area contributed by atoms with Gasteiger partial charge in [0, 0.05) is 32.1 Å². The second-order valence-electron chi connectivity index (χ2n) is 11.7. The van der Waals surface area contributed by atoms with E-state index in [1.54, 1.807) is 28.4 Å². The Balaban J connectivity index is 1.50. The number of hydrogen-bond donors (Lipinski definition) is 1. The van der Waals surface area contributed by atoms with Crippen LogP contribution in [0, 0.1) is 11.8 Å². The van der Waals surface area contributed by atoms with Gasteiger partial charge in [-0.2, -0.15) is 0 Å². The molecule has 42 heavy (non-hydrogen) atoms. The minimum Gasteiger partial charge on any atom is -0.493 e. The Hall–Kier alpha value is -3.46. The van der Waals surface area contributed by atoms with E-state index in [1.165, 1.54) is 11.1 Å². The summed E-state index contributed by atoms with van der Waals surface area (Å²) in [5.41, 5.74) is 4.86. The third kappa shape index (κ3) is 5.76. The van der Waals surface area contributed by atoms with Gasteiger partial charge in [0.05, 0.1) is 40.9 Å². The molecule has 1 N–H and O–H groups in total. The van der Waals surface area contributed by atoms with Gasteiger partial charge in [-0.15, -0.1) is 0 Å². The highest BCUT2D eigenvalue weighted by Crippen LogP contribution is 2.49. The quantitative estimate of drug-likeness (QED) is 0.417. The van der Waals surface area contributed by atoms with Gasteiger partial charge in [-0.1, -0.05) is 13.3 Å². The maximum Gasteiger partial charge on any atom is 0.303 e. The number of aliphatic carboxylic acids is 1. The van der Waals surface area contributed by atoms with Crippen LogP contribution in [0.4, 0.5) is 0 Å². The molecule has 0 radical (unpaired) electrons. The molecule has 2 aromatic carbocycles. The van der Waals surface area contributed by atoms with E-state index in [-0.39, 0.29) is 30.8 Å². The molecular formula is C33H44N2O7. The number of hydrogen-bond acceptors (Lipinski definition) is 7. The largest absolute Gasteiger partial charge is 0.493 e. The second-order valence-corrected chi connectivity index (χ2v) is 11.7. The molecule has 3 aliphatic heterocycles. The first-order valence-electron chi connectivity index (χ1n) is 15.1. The highest BCUT2D eigenvalue weighted by atomic mass is 16.5. The molecule has 3 aliphatic rings. The van der Waals surface area contributed by atoms with Crippen LogP contribution in [0.15, 0.2) is 24.3 Å². The van der Waals surface area contributed by atoms with Crippen LogP contribution < -0.4 is 18.9 Å². The normalized spacial score (nSPS) is 23.3. The topological polar surface area (TPSA) is 97.8 Å². The fourth-order valence-corrected chi connectivity index (χ4v) is 7.48. The summed E-state index contributed by atoms with van der Waals surface area (Å²) >= 11 is 0. The molecule has 0 aliphatic carbocycles. The predicted octanol–water partition coefficient (Wildman–Crippen LogP) is 5.05. The number of carbonyl (C=O) groups excluding carboxylic acids is 1. The van der Waals surface area contributed by atoms with Gasteiger partial charge < -0.3 is 29.0 Å². The van der Waals surface area contributed by atoms with Gasteiger partial charge in [-0.05, 0) is 84.0 Å². The Morgan fingerprint density at radius 3 is 1.98 bits per heavy atom. The summed E-state index contributed by atoms with van der Waals surface area (Å²) in [5, 5.41) is 9.28. The van der Waals surface area contributed by atoms with E-state index >= 15 is 0 Å². The van der Waals surface area contributed by atoms with Gasteiger partial charge in [-0.25, -0.2) is 0 Å². The zero-order valence-electron chi connectivity index (χ0n) is 25.5. The Morgan fingerprint density at radius 1 is 0.810 bits per heavy atom. The van der Waals surface area contributed by atoms with Crippen LogP contribution in [0.2, 0.25) is 0 Å². The van der Waals surface area contributed by atoms with E-state index in [9.17, 15) is 14.7 Å². The smallest absolute Gasteiger partial charge is 0.303 e. The van der Waals surface area contributed by atoms with E-state index in [2.05, 4.69) is 24.0 Å².